The van der Waals surface area contributed by atoms with E-state index in [1.807, 2.05) is 44.2 Å². The summed E-state index contributed by atoms with van der Waals surface area (Å²) in [5.41, 5.74) is 10.4. The van der Waals surface area contributed by atoms with E-state index in [1.165, 1.54) is 15.3 Å². The summed E-state index contributed by atoms with van der Waals surface area (Å²) in [7, 11) is 5.03. The Balaban J connectivity index is 1.94. The maximum absolute atomic E-state index is 13.1. The number of aromatic nitrogens is 3. The van der Waals surface area contributed by atoms with Crippen molar-refractivity contribution in [1.82, 2.24) is 14.1 Å². The first kappa shape index (κ1) is 26.7. The van der Waals surface area contributed by atoms with Gasteiger partial charge in [-0.15, -0.1) is 0 Å². The number of hydrogen-bond donors (Lipinski definition) is 2. The Hall–Kier alpha value is -4.37. The lowest BCUT2D eigenvalue weighted by molar-refractivity contribution is 0.146. The first-order valence-corrected chi connectivity index (χ1v) is 12.3. The van der Waals surface area contributed by atoms with E-state index in [4.69, 9.17) is 15.2 Å². The van der Waals surface area contributed by atoms with Crippen LogP contribution < -0.4 is 21.6 Å². The summed E-state index contributed by atoms with van der Waals surface area (Å²) in [5, 5.41) is 0.683. The number of aliphatic imine (C=N–C) groups is 1. The third kappa shape index (κ3) is 5.47. The quantitative estimate of drug-likeness (QED) is 0.260. The Morgan fingerprint density at radius 3 is 2.53 bits per heavy atom. The van der Waals surface area contributed by atoms with Crippen LogP contribution in [-0.4, -0.2) is 46.7 Å². The monoisotopic (exact) mass is 515 g/mol. The van der Waals surface area contributed by atoms with Crippen LogP contribution in [0.2, 0.25) is 0 Å². The van der Waals surface area contributed by atoms with E-state index in [0.717, 1.165) is 16.7 Å². The van der Waals surface area contributed by atoms with E-state index in [-0.39, 0.29) is 17.2 Å². The lowest BCUT2D eigenvalue weighted by Crippen LogP contribution is -2.18. The molecule has 198 valence electrons. The van der Waals surface area contributed by atoms with Crippen LogP contribution in [0.4, 0.5) is 0 Å². The molecule has 0 amide bonds. The number of aromatic amines is 1. The van der Waals surface area contributed by atoms with Gasteiger partial charge in [-0.1, -0.05) is 12.1 Å². The van der Waals surface area contributed by atoms with Gasteiger partial charge in [-0.3, -0.25) is 14.6 Å². The second kappa shape index (κ2) is 11.4. The molecule has 0 fully saturated rings. The Labute approximate surface area is 220 Å². The van der Waals surface area contributed by atoms with Crippen molar-refractivity contribution in [3.63, 3.8) is 0 Å². The standard InChI is InChI=1S/C29H33N5O4/c1-18(2)31-15-20(14-30)26-12-23-25(17-34(4)29(36)28(23)32-26)22-13-27(35)33(3)16-24(22)19-7-6-8-21(11-19)38-10-9-37-5/h6-8,11-18,32H,9-10,30H2,1-5H3/b20-14+,31-15?. The van der Waals surface area contributed by atoms with Gasteiger partial charge in [0.25, 0.3) is 11.1 Å². The summed E-state index contributed by atoms with van der Waals surface area (Å²) in [6.45, 7) is 4.84. The van der Waals surface area contributed by atoms with Gasteiger partial charge in [-0.2, -0.15) is 0 Å². The number of allylic oxidation sites excluding steroid dienone is 1. The third-order valence-corrected chi connectivity index (χ3v) is 6.19. The zero-order valence-electron chi connectivity index (χ0n) is 22.3. The molecule has 9 nitrogen and oxygen atoms in total. The second-order valence-electron chi connectivity index (χ2n) is 9.34. The number of pyridine rings is 2. The van der Waals surface area contributed by atoms with Crippen molar-refractivity contribution < 1.29 is 9.47 Å². The number of fused-ring (bicyclic) bond motifs is 1. The van der Waals surface area contributed by atoms with Gasteiger partial charge in [0.05, 0.1) is 6.61 Å². The van der Waals surface area contributed by atoms with Crippen LogP contribution in [0, 0.1) is 0 Å². The van der Waals surface area contributed by atoms with Crippen molar-refractivity contribution in [2.45, 2.75) is 19.9 Å². The zero-order chi connectivity index (χ0) is 27.4. The van der Waals surface area contributed by atoms with Crippen molar-refractivity contribution >= 4 is 22.7 Å². The van der Waals surface area contributed by atoms with Crippen molar-refractivity contribution in [1.29, 1.82) is 0 Å². The van der Waals surface area contributed by atoms with Crippen molar-refractivity contribution in [2.24, 2.45) is 24.8 Å². The number of nitrogens with zero attached hydrogens (tertiary/aromatic N) is 3. The van der Waals surface area contributed by atoms with E-state index in [9.17, 15) is 9.59 Å². The molecule has 4 aromatic rings. The maximum atomic E-state index is 13.1. The third-order valence-electron chi connectivity index (χ3n) is 6.19. The highest BCUT2D eigenvalue weighted by molar-refractivity contribution is 6.11. The molecule has 3 heterocycles. The number of rotatable bonds is 9. The molecule has 0 saturated heterocycles. The molecule has 0 unspecified atom stereocenters. The molecule has 0 aliphatic carbocycles. The summed E-state index contributed by atoms with van der Waals surface area (Å²) in [6, 6.07) is 11.2. The minimum atomic E-state index is -0.189. The number of benzene rings is 1. The van der Waals surface area contributed by atoms with E-state index < -0.39 is 0 Å². The largest absolute Gasteiger partial charge is 0.491 e. The Morgan fingerprint density at radius 2 is 1.82 bits per heavy atom. The number of hydrogen-bond acceptors (Lipinski definition) is 6. The molecule has 9 heteroatoms. The van der Waals surface area contributed by atoms with E-state index in [0.29, 0.717) is 46.7 Å². The van der Waals surface area contributed by atoms with Gasteiger partial charge >= 0.3 is 0 Å². The summed E-state index contributed by atoms with van der Waals surface area (Å²) in [6.07, 6.45) is 6.71. The fourth-order valence-corrected chi connectivity index (χ4v) is 4.21. The van der Waals surface area contributed by atoms with Crippen LogP contribution in [0.5, 0.6) is 5.75 Å². The van der Waals surface area contributed by atoms with Gasteiger partial charge in [0.15, 0.2) is 0 Å². The number of H-pyrrole nitrogens is 1. The molecule has 3 N–H and O–H groups in total. The number of nitrogens with two attached hydrogens (primary N) is 1. The molecule has 3 aromatic heterocycles. The summed E-state index contributed by atoms with van der Waals surface area (Å²) < 4.78 is 14.0. The van der Waals surface area contributed by atoms with Gasteiger partial charge < -0.3 is 29.3 Å². The van der Waals surface area contributed by atoms with Crippen LogP contribution in [0.25, 0.3) is 38.7 Å². The molecule has 4 rings (SSSR count). The molecule has 0 bridgehead atoms. The zero-order valence-corrected chi connectivity index (χ0v) is 22.3. The summed E-state index contributed by atoms with van der Waals surface area (Å²) >= 11 is 0. The normalized spacial score (nSPS) is 12.2. The van der Waals surface area contributed by atoms with Crippen molar-refractivity contribution in [3.05, 3.63) is 81.4 Å². The molecule has 38 heavy (non-hydrogen) atoms. The van der Waals surface area contributed by atoms with Crippen molar-refractivity contribution in [2.75, 3.05) is 20.3 Å². The molecule has 0 aliphatic rings. The Morgan fingerprint density at radius 1 is 1.05 bits per heavy atom. The van der Waals surface area contributed by atoms with E-state index in [2.05, 4.69) is 9.98 Å². The molecule has 1 aromatic carbocycles. The summed E-state index contributed by atoms with van der Waals surface area (Å²) in [5.74, 6) is 0.691. The van der Waals surface area contributed by atoms with Crippen LogP contribution in [0.1, 0.15) is 19.5 Å². The Bertz CT molecular complexity index is 1640. The number of aryl methyl sites for hydroxylation is 2. The minimum absolute atomic E-state index is 0.0927. The minimum Gasteiger partial charge on any atom is -0.491 e. The van der Waals surface area contributed by atoms with Crippen molar-refractivity contribution in [3.8, 4) is 28.0 Å². The predicted octanol–water partition coefficient (Wildman–Crippen LogP) is 3.70. The highest BCUT2D eigenvalue weighted by Crippen LogP contribution is 2.36. The lowest BCUT2D eigenvalue weighted by Gasteiger charge is -2.15. The van der Waals surface area contributed by atoms with Crippen LogP contribution in [-0.2, 0) is 18.8 Å². The molecular formula is C29H33N5O4. The van der Waals surface area contributed by atoms with E-state index >= 15 is 0 Å². The highest BCUT2D eigenvalue weighted by atomic mass is 16.5. The van der Waals surface area contributed by atoms with Crippen LogP contribution >= 0.6 is 0 Å². The molecule has 0 aliphatic heterocycles. The molecule has 0 saturated carbocycles. The average Bonchev–Trinajstić information content (AvgIpc) is 3.34. The topological polar surface area (TPSA) is 117 Å². The van der Waals surface area contributed by atoms with Gasteiger partial charge in [0, 0.05) is 85.9 Å². The number of nitrogens with one attached hydrogen (secondary N) is 1. The lowest BCUT2D eigenvalue weighted by atomic mass is 9.95. The van der Waals surface area contributed by atoms with Gasteiger partial charge in [0.1, 0.15) is 17.9 Å². The second-order valence-corrected chi connectivity index (χ2v) is 9.34. The first-order chi connectivity index (χ1) is 18.2. The molecule has 0 spiro atoms. The average molecular weight is 516 g/mol. The summed E-state index contributed by atoms with van der Waals surface area (Å²) in [4.78, 5) is 33.6. The number of methoxy groups -OCH3 is 1. The van der Waals surface area contributed by atoms with Crippen LogP contribution in [0.3, 0.4) is 0 Å². The SMILES string of the molecule is COCCOc1cccc(-c2cn(C)c(=O)cc2-c2cn(C)c(=O)c3[nH]c(/C(C=NC(C)C)=C/N)cc23)c1. The van der Waals surface area contributed by atoms with Gasteiger partial charge in [-0.25, -0.2) is 0 Å². The van der Waals surface area contributed by atoms with E-state index in [1.54, 1.807) is 45.9 Å². The Kier molecular flexibility index (Phi) is 7.97. The fraction of sp³-hybridized carbons (Fsp3) is 0.276. The molecular weight excluding hydrogens is 482 g/mol. The van der Waals surface area contributed by atoms with Gasteiger partial charge in [0.2, 0.25) is 0 Å². The fourth-order valence-electron chi connectivity index (χ4n) is 4.21. The highest BCUT2D eigenvalue weighted by Gasteiger charge is 2.18. The van der Waals surface area contributed by atoms with Gasteiger partial charge in [-0.05, 0) is 43.2 Å². The predicted molar refractivity (Wildman–Crippen MR) is 153 cm³/mol. The smallest absolute Gasteiger partial charge is 0.274 e. The molecule has 0 atom stereocenters. The number of ether oxygens (including phenoxy) is 2. The maximum Gasteiger partial charge on any atom is 0.274 e. The first-order valence-electron chi connectivity index (χ1n) is 12.3. The van der Waals surface area contributed by atoms with Crippen LogP contribution in [0.15, 0.2) is 69.6 Å². The molecule has 0 radical (unpaired) electrons.